The Hall–Kier alpha value is -3.48. The summed E-state index contributed by atoms with van der Waals surface area (Å²) in [4.78, 5) is 28.6. The van der Waals surface area contributed by atoms with Gasteiger partial charge < -0.3 is 15.2 Å². The molecule has 0 spiro atoms. The molecular formula is C23H24N4O3. The van der Waals surface area contributed by atoms with E-state index in [1.54, 1.807) is 24.3 Å². The van der Waals surface area contributed by atoms with Crippen LogP contribution in [-0.2, 0) is 17.6 Å². The van der Waals surface area contributed by atoms with E-state index in [1.807, 2.05) is 24.3 Å². The highest BCUT2D eigenvalue weighted by Gasteiger charge is 2.23. The second-order valence-corrected chi connectivity index (χ2v) is 7.44. The highest BCUT2D eigenvalue weighted by molar-refractivity contribution is 5.96. The van der Waals surface area contributed by atoms with Gasteiger partial charge in [-0.1, -0.05) is 36.3 Å². The summed E-state index contributed by atoms with van der Waals surface area (Å²) < 4.78 is 5.27. The molecule has 2 N–H and O–H groups in total. The zero-order valence-electron chi connectivity index (χ0n) is 16.9. The summed E-state index contributed by atoms with van der Waals surface area (Å²) in [5.41, 5.74) is 3.36. The third-order valence-corrected chi connectivity index (χ3v) is 5.00. The summed E-state index contributed by atoms with van der Waals surface area (Å²) in [5.74, 6) is 0.712. The molecule has 3 aromatic rings. The van der Waals surface area contributed by atoms with Crippen molar-refractivity contribution in [3.63, 3.8) is 0 Å². The van der Waals surface area contributed by atoms with Crippen molar-refractivity contribution in [1.82, 2.24) is 15.5 Å². The number of anilines is 1. The molecule has 4 rings (SSSR count). The van der Waals surface area contributed by atoms with Crippen molar-refractivity contribution in [1.29, 1.82) is 0 Å². The molecule has 1 aromatic heterocycles. The molecule has 154 valence electrons. The van der Waals surface area contributed by atoms with Crippen LogP contribution < -0.4 is 10.6 Å². The van der Waals surface area contributed by atoms with E-state index in [1.165, 1.54) is 5.56 Å². The van der Waals surface area contributed by atoms with Gasteiger partial charge in [0.15, 0.2) is 0 Å². The topological polar surface area (TPSA) is 97.1 Å². The fourth-order valence-electron chi connectivity index (χ4n) is 3.01. The van der Waals surface area contributed by atoms with Gasteiger partial charge in [0.25, 0.3) is 5.91 Å². The second kappa shape index (κ2) is 8.90. The molecule has 0 radical (unpaired) electrons. The lowest BCUT2D eigenvalue weighted by Gasteiger charge is -2.06. The molecule has 0 aliphatic heterocycles. The van der Waals surface area contributed by atoms with Crippen LogP contribution in [0.3, 0.4) is 0 Å². The fourth-order valence-corrected chi connectivity index (χ4v) is 3.01. The lowest BCUT2D eigenvalue weighted by molar-refractivity contribution is -0.116. The van der Waals surface area contributed by atoms with Crippen LogP contribution in [0.1, 0.15) is 48.0 Å². The number of hydrogen-bond donors (Lipinski definition) is 2. The van der Waals surface area contributed by atoms with Crippen molar-refractivity contribution < 1.29 is 14.1 Å². The Kier molecular flexibility index (Phi) is 5.88. The van der Waals surface area contributed by atoms with Crippen molar-refractivity contribution in [2.75, 3.05) is 5.32 Å². The second-order valence-electron chi connectivity index (χ2n) is 7.44. The van der Waals surface area contributed by atoms with Crippen LogP contribution in [0.4, 0.5) is 5.69 Å². The molecule has 1 fully saturated rings. The molecule has 7 heteroatoms. The Labute approximate surface area is 174 Å². The SMILES string of the molecule is CCc1ccc(-c2noc(CCC(=O)Nc3ccc(C(=O)NC4CC4)cc3)n2)cc1. The Balaban J connectivity index is 1.27. The number of aromatic nitrogens is 2. The predicted octanol–water partition coefficient (Wildman–Crippen LogP) is 3.76. The normalized spacial score (nSPS) is 13.1. The van der Waals surface area contributed by atoms with Crippen molar-refractivity contribution >= 4 is 17.5 Å². The smallest absolute Gasteiger partial charge is 0.251 e. The molecule has 0 saturated heterocycles. The number of carbonyl (C=O) groups excluding carboxylic acids is 2. The summed E-state index contributed by atoms with van der Waals surface area (Å²) in [6.45, 7) is 2.10. The van der Waals surface area contributed by atoms with E-state index in [9.17, 15) is 9.59 Å². The molecule has 2 amide bonds. The van der Waals surface area contributed by atoms with Crippen LogP contribution in [-0.4, -0.2) is 28.0 Å². The molecule has 1 aliphatic rings. The number of benzene rings is 2. The summed E-state index contributed by atoms with van der Waals surface area (Å²) in [6.07, 6.45) is 3.65. The number of nitrogens with one attached hydrogen (secondary N) is 2. The zero-order valence-corrected chi connectivity index (χ0v) is 16.9. The minimum atomic E-state index is -0.155. The Morgan fingerprint density at radius 1 is 1.07 bits per heavy atom. The summed E-state index contributed by atoms with van der Waals surface area (Å²) in [5, 5.41) is 9.76. The molecule has 0 unspecified atom stereocenters. The van der Waals surface area contributed by atoms with Gasteiger partial charge in [-0.05, 0) is 49.1 Å². The zero-order chi connectivity index (χ0) is 20.9. The van der Waals surface area contributed by atoms with E-state index in [4.69, 9.17) is 4.52 Å². The first kappa shape index (κ1) is 19.8. The van der Waals surface area contributed by atoms with Crippen LogP contribution in [0.15, 0.2) is 53.1 Å². The number of nitrogens with zero attached hydrogens (tertiary/aromatic N) is 2. The molecule has 7 nitrogen and oxygen atoms in total. The first-order valence-electron chi connectivity index (χ1n) is 10.2. The minimum Gasteiger partial charge on any atom is -0.349 e. The number of carbonyl (C=O) groups is 2. The molecule has 2 aromatic carbocycles. The Morgan fingerprint density at radius 2 is 1.80 bits per heavy atom. The van der Waals surface area contributed by atoms with Crippen LogP contribution in [0, 0.1) is 0 Å². The molecule has 1 heterocycles. The largest absolute Gasteiger partial charge is 0.349 e. The maximum atomic E-state index is 12.2. The average Bonchev–Trinajstić information content (AvgIpc) is 3.46. The standard InChI is InChI=1S/C23H24N4O3/c1-2-15-3-5-16(6-4-15)22-26-21(30-27-22)14-13-20(28)24-18-9-7-17(8-10-18)23(29)25-19-11-12-19/h3-10,19H,2,11-14H2,1H3,(H,24,28)(H,25,29). The van der Waals surface area contributed by atoms with Gasteiger partial charge in [-0.15, -0.1) is 0 Å². The molecule has 30 heavy (non-hydrogen) atoms. The molecule has 1 aliphatic carbocycles. The van der Waals surface area contributed by atoms with Gasteiger partial charge in [-0.2, -0.15) is 4.98 Å². The van der Waals surface area contributed by atoms with E-state index < -0.39 is 0 Å². The number of rotatable bonds is 8. The van der Waals surface area contributed by atoms with Crippen molar-refractivity contribution in [3.8, 4) is 11.4 Å². The monoisotopic (exact) mass is 404 g/mol. The third kappa shape index (κ3) is 5.11. The highest BCUT2D eigenvalue weighted by atomic mass is 16.5. The quantitative estimate of drug-likeness (QED) is 0.596. The van der Waals surface area contributed by atoms with Crippen molar-refractivity contribution in [2.24, 2.45) is 0 Å². The van der Waals surface area contributed by atoms with Crippen LogP contribution in [0.2, 0.25) is 0 Å². The summed E-state index contributed by atoms with van der Waals surface area (Å²) in [7, 11) is 0. The summed E-state index contributed by atoms with van der Waals surface area (Å²) >= 11 is 0. The van der Waals surface area contributed by atoms with Gasteiger partial charge in [0.1, 0.15) is 0 Å². The van der Waals surface area contributed by atoms with Crippen molar-refractivity contribution in [3.05, 3.63) is 65.5 Å². The maximum absolute atomic E-state index is 12.2. The lowest BCUT2D eigenvalue weighted by atomic mass is 10.1. The third-order valence-electron chi connectivity index (χ3n) is 5.00. The van der Waals surface area contributed by atoms with Gasteiger partial charge >= 0.3 is 0 Å². The van der Waals surface area contributed by atoms with E-state index in [-0.39, 0.29) is 18.2 Å². The number of amides is 2. The van der Waals surface area contributed by atoms with E-state index >= 15 is 0 Å². The highest BCUT2D eigenvalue weighted by Crippen LogP contribution is 2.20. The van der Waals surface area contributed by atoms with Gasteiger partial charge in [0, 0.05) is 35.7 Å². The molecular weight excluding hydrogens is 380 g/mol. The molecule has 1 saturated carbocycles. The van der Waals surface area contributed by atoms with Gasteiger partial charge in [0.2, 0.25) is 17.6 Å². The van der Waals surface area contributed by atoms with E-state index in [0.717, 1.165) is 24.8 Å². The lowest BCUT2D eigenvalue weighted by Crippen LogP contribution is -2.25. The number of hydrogen-bond acceptors (Lipinski definition) is 5. The Bertz CT molecular complexity index is 1020. The first-order chi connectivity index (χ1) is 14.6. The first-order valence-corrected chi connectivity index (χ1v) is 10.2. The van der Waals surface area contributed by atoms with E-state index in [0.29, 0.717) is 35.4 Å². The molecule has 0 atom stereocenters. The van der Waals surface area contributed by atoms with Gasteiger partial charge in [-0.25, -0.2) is 0 Å². The predicted molar refractivity (Wildman–Crippen MR) is 113 cm³/mol. The molecule has 0 bridgehead atoms. The van der Waals surface area contributed by atoms with E-state index in [2.05, 4.69) is 27.7 Å². The Morgan fingerprint density at radius 3 is 2.47 bits per heavy atom. The van der Waals surface area contributed by atoms with Gasteiger partial charge in [0.05, 0.1) is 0 Å². The van der Waals surface area contributed by atoms with Crippen LogP contribution >= 0.6 is 0 Å². The number of aryl methyl sites for hydroxylation is 2. The summed E-state index contributed by atoms with van der Waals surface area (Å²) in [6, 6.07) is 15.2. The average molecular weight is 404 g/mol. The van der Waals surface area contributed by atoms with Crippen molar-refractivity contribution in [2.45, 2.75) is 45.1 Å². The maximum Gasteiger partial charge on any atom is 0.251 e. The van der Waals surface area contributed by atoms with Gasteiger partial charge in [-0.3, -0.25) is 9.59 Å². The minimum absolute atomic E-state index is 0.0769. The van der Waals surface area contributed by atoms with Crippen LogP contribution in [0.5, 0.6) is 0 Å². The fraction of sp³-hybridized carbons (Fsp3) is 0.304. The van der Waals surface area contributed by atoms with Crippen LogP contribution in [0.25, 0.3) is 11.4 Å².